The van der Waals surface area contributed by atoms with Crippen LogP contribution in [0.5, 0.6) is 0 Å². The number of nitrogens with one attached hydrogen (secondary N) is 1. The second-order valence-electron chi connectivity index (χ2n) is 4.99. The summed E-state index contributed by atoms with van der Waals surface area (Å²) in [5.74, 6) is 0.666. The minimum Gasteiger partial charge on any atom is -0.338 e. The Hall–Kier alpha value is -0.730. The van der Waals surface area contributed by atoms with Crippen LogP contribution >= 0.6 is 0 Å². The second kappa shape index (κ2) is 7.53. The molecule has 3 nitrogen and oxygen atoms in total. The fourth-order valence-corrected chi connectivity index (χ4v) is 2.23. The van der Waals surface area contributed by atoms with Gasteiger partial charge in [-0.05, 0) is 25.2 Å². The van der Waals surface area contributed by atoms with Gasteiger partial charge in [-0.1, -0.05) is 33.1 Å². The van der Waals surface area contributed by atoms with Crippen LogP contribution in [0.25, 0.3) is 0 Å². The Kier molecular flexibility index (Phi) is 6.27. The Bertz CT molecular complexity index is 206. The molecule has 1 aliphatic rings. The summed E-state index contributed by atoms with van der Waals surface area (Å²) in [7, 11) is 0. The summed E-state index contributed by atoms with van der Waals surface area (Å²) in [4.78, 5) is 13.8. The number of amides is 2. The summed E-state index contributed by atoms with van der Waals surface area (Å²) < 4.78 is 0. The molecule has 0 aromatic carbocycles. The van der Waals surface area contributed by atoms with Crippen molar-refractivity contribution in [2.45, 2.75) is 52.4 Å². The zero-order chi connectivity index (χ0) is 11.8. The molecule has 0 saturated carbocycles. The number of nitrogens with zero attached hydrogens (tertiary/aromatic N) is 1. The molecule has 1 aliphatic heterocycles. The van der Waals surface area contributed by atoms with Crippen molar-refractivity contribution in [3.63, 3.8) is 0 Å². The maximum atomic E-state index is 11.8. The highest BCUT2D eigenvalue weighted by atomic mass is 16.2. The number of likely N-dealkylation sites (tertiary alicyclic amines) is 1. The summed E-state index contributed by atoms with van der Waals surface area (Å²) in [5, 5.41) is 3.02. The van der Waals surface area contributed by atoms with E-state index < -0.39 is 0 Å². The van der Waals surface area contributed by atoms with Gasteiger partial charge in [-0.2, -0.15) is 0 Å². The third kappa shape index (κ3) is 4.86. The smallest absolute Gasteiger partial charge is 0.317 e. The fourth-order valence-electron chi connectivity index (χ4n) is 2.23. The van der Waals surface area contributed by atoms with Crippen molar-refractivity contribution in [1.29, 1.82) is 0 Å². The molecule has 1 heterocycles. The molecule has 0 radical (unpaired) electrons. The molecule has 0 spiro atoms. The maximum Gasteiger partial charge on any atom is 0.317 e. The SMILES string of the molecule is CCCCCCNC(=O)N1CCC[C@@H](C)C1. The van der Waals surface area contributed by atoms with Crippen LogP contribution in [-0.4, -0.2) is 30.6 Å². The average Bonchev–Trinajstić information content (AvgIpc) is 2.28. The van der Waals surface area contributed by atoms with Gasteiger partial charge in [0.15, 0.2) is 0 Å². The highest BCUT2D eigenvalue weighted by molar-refractivity contribution is 5.74. The number of carbonyl (C=O) groups is 1. The molecule has 0 aromatic rings. The largest absolute Gasteiger partial charge is 0.338 e. The first-order valence-corrected chi connectivity index (χ1v) is 6.76. The van der Waals surface area contributed by atoms with Crippen molar-refractivity contribution in [3.8, 4) is 0 Å². The lowest BCUT2D eigenvalue weighted by atomic mass is 10.0. The molecule has 0 bridgehead atoms. The number of piperidine rings is 1. The van der Waals surface area contributed by atoms with Gasteiger partial charge in [0.05, 0.1) is 0 Å². The Morgan fingerprint density at radius 2 is 2.19 bits per heavy atom. The standard InChI is InChI=1S/C13H26N2O/c1-3-4-5-6-9-14-13(16)15-10-7-8-12(2)11-15/h12H,3-11H2,1-2H3,(H,14,16)/t12-/m1/s1. The van der Waals surface area contributed by atoms with Gasteiger partial charge in [0.1, 0.15) is 0 Å². The second-order valence-corrected chi connectivity index (χ2v) is 4.99. The third-order valence-corrected chi connectivity index (χ3v) is 3.25. The molecule has 1 N–H and O–H groups in total. The Morgan fingerprint density at radius 1 is 1.38 bits per heavy atom. The Balaban J connectivity index is 2.09. The van der Waals surface area contributed by atoms with Crippen LogP contribution in [0.1, 0.15) is 52.4 Å². The van der Waals surface area contributed by atoms with Gasteiger partial charge >= 0.3 is 6.03 Å². The minimum atomic E-state index is 0.142. The summed E-state index contributed by atoms with van der Waals surface area (Å²) in [6.07, 6.45) is 7.29. The third-order valence-electron chi connectivity index (χ3n) is 3.25. The van der Waals surface area contributed by atoms with Gasteiger partial charge in [-0.25, -0.2) is 4.79 Å². The predicted molar refractivity (Wildman–Crippen MR) is 67.5 cm³/mol. The number of urea groups is 1. The van der Waals surface area contributed by atoms with E-state index in [4.69, 9.17) is 0 Å². The molecule has 3 heteroatoms. The van der Waals surface area contributed by atoms with E-state index in [1.54, 1.807) is 0 Å². The first-order chi connectivity index (χ1) is 7.74. The Labute approximate surface area is 99.6 Å². The predicted octanol–water partition coefficient (Wildman–Crippen LogP) is 3.01. The molecule has 0 aliphatic carbocycles. The van der Waals surface area contributed by atoms with Crippen LogP contribution < -0.4 is 5.32 Å². The van der Waals surface area contributed by atoms with Gasteiger partial charge in [0.25, 0.3) is 0 Å². The van der Waals surface area contributed by atoms with Gasteiger partial charge in [-0.3, -0.25) is 0 Å². The number of rotatable bonds is 5. The molecule has 0 aromatic heterocycles. The molecule has 2 amide bonds. The van der Waals surface area contributed by atoms with Gasteiger partial charge < -0.3 is 10.2 Å². The number of hydrogen-bond donors (Lipinski definition) is 1. The van der Waals surface area contributed by atoms with E-state index in [1.807, 2.05) is 4.90 Å². The molecule has 1 atom stereocenters. The van der Waals surface area contributed by atoms with Crippen molar-refractivity contribution < 1.29 is 4.79 Å². The number of carbonyl (C=O) groups excluding carboxylic acids is 1. The topological polar surface area (TPSA) is 32.3 Å². The molecule has 16 heavy (non-hydrogen) atoms. The first kappa shape index (κ1) is 13.3. The zero-order valence-corrected chi connectivity index (χ0v) is 10.8. The normalized spacial score (nSPS) is 20.9. The summed E-state index contributed by atoms with van der Waals surface area (Å²) in [6.45, 7) is 7.13. The highest BCUT2D eigenvalue weighted by Gasteiger charge is 2.20. The van der Waals surface area contributed by atoms with Crippen LogP contribution in [0.2, 0.25) is 0 Å². The Morgan fingerprint density at radius 3 is 2.88 bits per heavy atom. The van der Waals surface area contributed by atoms with Crippen LogP contribution in [0, 0.1) is 5.92 Å². The number of hydrogen-bond acceptors (Lipinski definition) is 1. The lowest BCUT2D eigenvalue weighted by Gasteiger charge is -2.30. The van der Waals surface area contributed by atoms with Crippen LogP contribution in [0.4, 0.5) is 4.79 Å². The van der Waals surface area contributed by atoms with E-state index in [-0.39, 0.29) is 6.03 Å². The molecule has 1 saturated heterocycles. The van der Waals surface area contributed by atoms with Crippen LogP contribution in [0.15, 0.2) is 0 Å². The molecular weight excluding hydrogens is 200 g/mol. The zero-order valence-electron chi connectivity index (χ0n) is 10.8. The summed E-state index contributed by atoms with van der Waals surface area (Å²) >= 11 is 0. The van der Waals surface area contributed by atoms with Crippen molar-refractivity contribution >= 4 is 6.03 Å². The highest BCUT2D eigenvalue weighted by Crippen LogP contribution is 2.15. The lowest BCUT2D eigenvalue weighted by molar-refractivity contribution is 0.169. The van der Waals surface area contributed by atoms with Crippen molar-refractivity contribution in [1.82, 2.24) is 10.2 Å². The van der Waals surface area contributed by atoms with E-state index >= 15 is 0 Å². The van der Waals surface area contributed by atoms with Crippen molar-refractivity contribution in [2.75, 3.05) is 19.6 Å². The number of unbranched alkanes of at least 4 members (excludes halogenated alkanes) is 3. The molecule has 1 fully saturated rings. The lowest BCUT2D eigenvalue weighted by Crippen LogP contribution is -2.45. The van der Waals surface area contributed by atoms with Crippen LogP contribution in [-0.2, 0) is 0 Å². The van der Waals surface area contributed by atoms with Crippen LogP contribution in [0.3, 0.4) is 0 Å². The van der Waals surface area contributed by atoms with Crippen molar-refractivity contribution in [2.24, 2.45) is 5.92 Å². The fraction of sp³-hybridized carbons (Fsp3) is 0.923. The summed E-state index contributed by atoms with van der Waals surface area (Å²) in [6, 6.07) is 0.142. The molecular formula is C13H26N2O. The minimum absolute atomic E-state index is 0.142. The van der Waals surface area contributed by atoms with Crippen molar-refractivity contribution in [3.05, 3.63) is 0 Å². The van der Waals surface area contributed by atoms with Gasteiger partial charge in [-0.15, -0.1) is 0 Å². The van der Waals surface area contributed by atoms with E-state index in [0.29, 0.717) is 5.92 Å². The average molecular weight is 226 g/mol. The molecule has 0 unspecified atom stereocenters. The maximum absolute atomic E-state index is 11.8. The van der Waals surface area contributed by atoms with E-state index in [9.17, 15) is 4.79 Å². The van der Waals surface area contributed by atoms with E-state index in [0.717, 1.165) is 32.5 Å². The molecule has 1 rings (SSSR count). The van der Waals surface area contributed by atoms with Gasteiger partial charge in [0.2, 0.25) is 0 Å². The van der Waals surface area contributed by atoms with E-state index in [2.05, 4.69) is 19.2 Å². The van der Waals surface area contributed by atoms with E-state index in [1.165, 1.54) is 25.7 Å². The first-order valence-electron chi connectivity index (χ1n) is 6.76. The molecule has 94 valence electrons. The monoisotopic (exact) mass is 226 g/mol. The summed E-state index contributed by atoms with van der Waals surface area (Å²) in [5.41, 5.74) is 0. The quantitative estimate of drug-likeness (QED) is 0.718. The van der Waals surface area contributed by atoms with Gasteiger partial charge in [0, 0.05) is 19.6 Å².